The third-order valence-electron chi connectivity index (χ3n) is 4.45. The van der Waals surface area contributed by atoms with Gasteiger partial charge in [0.1, 0.15) is 12.4 Å². The van der Waals surface area contributed by atoms with E-state index in [9.17, 15) is 14.0 Å². The lowest BCUT2D eigenvalue weighted by Gasteiger charge is -2.32. The number of amides is 3. The van der Waals surface area contributed by atoms with Crippen molar-refractivity contribution in [3.05, 3.63) is 57.5 Å². The third kappa shape index (κ3) is 7.44. The molecule has 0 aliphatic carbocycles. The van der Waals surface area contributed by atoms with E-state index < -0.39 is 5.54 Å². The number of nitrogens with zero attached hydrogens (tertiary/aromatic N) is 2. The Bertz CT molecular complexity index is 856. The second-order valence-electron chi connectivity index (χ2n) is 8.79. The molecule has 0 atom stereocenters. The molecular formula is C23H32FN3O2S. The minimum atomic E-state index is -0.393. The number of hydrogen-bond acceptors (Lipinski definition) is 3. The molecule has 2 rings (SSSR count). The van der Waals surface area contributed by atoms with E-state index >= 15 is 0 Å². The number of nitrogens with one attached hydrogen (secondary N) is 1. The van der Waals surface area contributed by atoms with Crippen LogP contribution in [0.15, 0.2) is 36.4 Å². The highest BCUT2D eigenvalue weighted by atomic mass is 32.1. The van der Waals surface area contributed by atoms with E-state index in [2.05, 4.69) is 5.32 Å². The zero-order chi connectivity index (χ0) is 22.5. The van der Waals surface area contributed by atoms with Gasteiger partial charge in [0, 0.05) is 27.9 Å². The first-order chi connectivity index (χ1) is 13.9. The summed E-state index contributed by atoms with van der Waals surface area (Å²) < 4.78 is 13.3. The fourth-order valence-corrected chi connectivity index (χ4v) is 3.83. The molecule has 2 aromatic rings. The van der Waals surface area contributed by atoms with Gasteiger partial charge in [-0.2, -0.15) is 0 Å². The summed E-state index contributed by atoms with van der Waals surface area (Å²) in [6, 6.07) is 9.79. The molecule has 0 aliphatic heterocycles. The number of rotatable bonds is 7. The van der Waals surface area contributed by atoms with Crippen molar-refractivity contribution in [3.8, 4) is 0 Å². The van der Waals surface area contributed by atoms with Gasteiger partial charge in [-0.3, -0.25) is 4.79 Å². The maximum Gasteiger partial charge on any atom is 0.318 e. The summed E-state index contributed by atoms with van der Waals surface area (Å²) in [5.41, 5.74) is 0.448. The van der Waals surface area contributed by atoms with Gasteiger partial charge in [0.15, 0.2) is 0 Å². The molecule has 0 aliphatic rings. The van der Waals surface area contributed by atoms with Crippen LogP contribution in [-0.4, -0.2) is 39.9 Å². The molecule has 0 bridgehead atoms. The van der Waals surface area contributed by atoms with Gasteiger partial charge in [0.25, 0.3) is 0 Å². The molecule has 0 saturated carbocycles. The molecule has 0 fully saturated rings. The normalized spacial score (nSPS) is 11.5. The van der Waals surface area contributed by atoms with E-state index in [-0.39, 0.29) is 30.3 Å². The van der Waals surface area contributed by atoms with Gasteiger partial charge >= 0.3 is 6.03 Å². The Morgan fingerprint density at radius 3 is 2.20 bits per heavy atom. The minimum absolute atomic E-state index is 0.0227. The minimum Gasteiger partial charge on any atom is -0.333 e. The Morgan fingerprint density at radius 2 is 1.70 bits per heavy atom. The molecular weight excluding hydrogens is 401 g/mol. The van der Waals surface area contributed by atoms with Crippen LogP contribution in [0.2, 0.25) is 0 Å². The fraction of sp³-hybridized carbons (Fsp3) is 0.478. The maximum absolute atomic E-state index is 13.3. The van der Waals surface area contributed by atoms with Crippen molar-refractivity contribution in [1.82, 2.24) is 15.1 Å². The van der Waals surface area contributed by atoms with Crippen LogP contribution in [0.25, 0.3) is 0 Å². The Labute approximate surface area is 182 Å². The molecule has 1 aromatic carbocycles. The standard InChI is InChI=1S/C23H32FN3O2S/c1-16(2)27(22(29)25-23(4,5)6)15-21(28)26(14-20-12-7-17(3)30-20)13-18-8-10-19(24)11-9-18/h7-12,16H,13-15H2,1-6H3,(H,25,29). The summed E-state index contributed by atoms with van der Waals surface area (Å²) in [5.74, 6) is -0.460. The predicted molar refractivity (Wildman–Crippen MR) is 120 cm³/mol. The van der Waals surface area contributed by atoms with Crippen LogP contribution in [0.5, 0.6) is 0 Å². The first kappa shape index (κ1) is 23.9. The Morgan fingerprint density at radius 1 is 1.07 bits per heavy atom. The van der Waals surface area contributed by atoms with Gasteiger partial charge in [-0.05, 0) is 71.4 Å². The SMILES string of the molecule is Cc1ccc(CN(Cc2ccc(F)cc2)C(=O)CN(C(=O)NC(C)(C)C)C(C)C)s1. The second kappa shape index (κ2) is 10.1. The van der Waals surface area contributed by atoms with Crippen molar-refractivity contribution in [2.45, 2.75) is 66.2 Å². The average Bonchev–Trinajstić information content (AvgIpc) is 3.03. The Kier molecular flexibility index (Phi) is 8.01. The van der Waals surface area contributed by atoms with Crippen LogP contribution in [0.3, 0.4) is 0 Å². The van der Waals surface area contributed by atoms with E-state index in [0.29, 0.717) is 13.1 Å². The highest BCUT2D eigenvalue weighted by Crippen LogP contribution is 2.19. The van der Waals surface area contributed by atoms with Crippen LogP contribution in [0, 0.1) is 12.7 Å². The summed E-state index contributed by atoms with van der Waals surface area (Å²) in [5, 5.41) is 2.93. The van der Waals surface area contributed by atoms with E-state index in [0.717, 1.165) is 10.4 Å². The summed E-state index contributed by atoms with van der Waals surface area (Å²) in [4.78, 5) is 31.5. The highest BCUT2D eigenvalue weighted by Gasteiger charge is 2.26. The number of aryl methyl sites for hydroxylation is 1. The average molecular weight is 434 g/mol. The van der Waals surface area contributed by atoms with Crippen LogP contribution >= 0.6 is 11.3 Å². The molecule has 0 saturated heterocycles. The van der Waals surface area contributed by atoms with Crippen molar-refractivity contribution in [2.75, 3.05) is 6.54 Å². The molecule has 3 amide bonds. The molecule has 164 valence electrons. The Balaban J connectivity index is 2.20. The molecule has 1 N–H and O–H groups in total. The van der Waals surface area contributed by atoms with Gasteiger partial charge in [-0.15, -0.1) is 11.3 Å². The lowest BCUT2D eigenvalue weighted by molar-refractivity contribution is -0.133. The van der Waals surface area contributed by atoms with Gasteiger partial charge in [0.05, 0.1) is 6.54 Å². The fourth-order valence-electron chi connectivity index (χ4n) is 2.93. The van der Waals surface area contributed by atoms with Crippen molar-refractivity contribution in [3.63, 3.8) is 0 Å². The third-order valence-corrected chi connectivity index (χ3v) is 5.44. The molecule has 0 unspecified atom stereocenters. The molecule has 1 aromatic heterocycles. The van der Waals surface area contributed by atoms with E-state index in [1.807, 2.05) is 53.7 Å². The van der Waals surface area contributed by atoms with Crippen molar-refractivity contribution in [1.29, 1.82) is 0 Å². The number of benzene rings is 1. The topological polar surface area (TPSA) is 52.7 Å². The highest BCUT2D eigenvalue weighted by molar-refractivity contribution is 7.11. The zero-order valence-electron chi connectivity index (χ0n) is 18.7. The first-order valence-electron chi connectivity index (χ1n) is 10.1. The largest absolute Gasteiger partial charge is 0.333 e. The molecule has 7 heteroatoms. The molecule has 0 spiro atoms. The number of thiophene rings is 1. The summed E-state index contributed by atoms with van der Waals surface area (Å²) >= 11 is 1.64. The maximum atomic E-state index is 13.3. The van der Waals surface area contributed by atoms with Gasteiger partial charge in [-0.1, -0.05) is 12.1 Å². The molecule has 0 radical (unpaired) electrons. The van der Waals surface area contributed by atoms with Gasteiger partial charge < -0.3 is 15.1 Å². The number of halogens is 1. The van der Waals surface area contributed by atoms with Crippen LogP contribution in [-0.2, 0) is 17.9 Å². The first-order valence-corrected chi connectivity index (χ1v) is 10.9. The van der Waals surface area contributed by atoms with Crippen LogP contribution < -0.4 is 5.32 Å². The van der Waals surface area contributed by atoms with Gasteiger partial charge in [0.2, 0.25) is 5.91 Å². The van der Waals surface area contributed by atoms with E-state index in [4.69, 9.17) is 0 Å². The number of hydrogen-bond donors (Lipinski definition) is 1. The number of carbonyl (C=O) groups is 2. The molecule has 30 heavy (non-hydrogen) atoms. The van der Waals surface area contributed by atoms with E-state index in [1.165, 1.54) is 17.0 Å². The second-order valence-corrected chi connectivity index (χ2v) is 10.2. The molecule has 1 heterocycles. The molecule has 5 nitrogen and oxygen atoms in total. The predicted octanol–water partition coefficient (Wildman–Crippen LogP) is 4.94. The summed E-state index contributed by atoms with van der Waals surface area (Å²) in [6.07, 6.45) is 0. The monoisotopic (exact) mass is 433 g/mol. The lowest BCUT2D eigenvalue weighted by Crippen LogP contribution is -2.53. The van der Waals surface area contributed by atoms with Gasteiger partial charge in [-0.25, -0.2) is 9.18 Å². The summed E-state index contributed by atoms with van der Waals surface area (Å²) in [7, 11) is 0. The smallest absolute Gasteiger partial charge is 0.318 e. The van der Waals surface area contributed by atoms with E-state index in [1.54, 1.807) is 33.3 Å². The lowest BCUT2D eigenvalue weighted by atomic mass is 10.1. The zero-order valence-corrected chi connectivity index (χ0v) is 19.5. The Hall–Kier alpha value is -2.41. The van der Waals surface area contributed by atoms with Crippen molar-refractivity contribution >= 4 is 23.3 Å². The van der Waals surface area contributed by atoms with Crippen molar-refractivity contribution in [2.24, 2.45) is 0 Å². The van der Waals surface area contributed by atoms with Crippen molar-refractivity contribution < 1.29 is 14.0 Å². The summed E-state index contributed by atoms with van der Waals surface area (Å²) in [6.45, 7) is 12.3. The quantitative estimate of drug-likeness (QED) is 0.672. The van der Waals surface area contributed by atoms with Crippen LogP contribution in [0.4, 0.5) is 9.18 Å². The number of urea groups is 1. The van der Waals surface area contributed by atoms with Crippen LogP contribution in [0.1, 0.15) is 49.9 Å². The number of carbonyl (C=O) groups excluding carboxylic acids is 2.